The number of carbonyl (C=O) groups is 1. The number of aliphatic hydroxyl groups excluding tert-OH is 2. The van der Waals surface area contributed by atoms with Crippen LogP contribution >= 0.6 is 11.6 Å². The average molecular weight is 517 g/mol. The van der Waals surface area contributed by atoms with Gasteiger partial charge in [0.2, 0.25) is 0 Å². The Labute approximate surface area is 213 Å². The SMILES string of the molecule is COC(=O)N1CCC(c2ccc(-c3nc4nc(O[C@H]5CO[C@H](CO)[C@@H](O)C5)[nH]c4cc3Cl)cc2)CC1. The molecular weight excluding hydrogens is 488 g/mol. The highest BCUT2D eigenvalue weighted by atomic mass is 35.5. The van der Waals surface area contributed by atoms with Crippen LogP contribution in [0, 0.1) is 0 Å². The van der Waals surface area contributed by atoms with E-state index in [1.54, 1.807) is 11.0 Å². The van der Waals surface area contributed by atoms with E-state index in [4.69, 9.17) is 25.8 Å². The van der Waals surface area contributed by atoms with Crippen LogP contribution in [0.2, 0.25) is 5.02 Å². The van der Waals surface area contributed by atoms with Crippen molar-refractivity contribution >= 4 is 28.9 Å². The molecule has 192 valence electrons. The summed E-state index contributed by atoms with van der Waals surface area (Å²) < 4.78 is 16.1. The van der Waals surface area contributed by atoms with Gasteiger partial charge in [-0.2, -0.15) is 4.98 Å². The highest BCUT2D eigenvalue weighted by molar-refractivity contribution is 6.33. The van der Waals surface area contributed by atoms with Crippen molar-refractivity contribution in [2.24, 2.45) is 0 Å². The minimum atomic E-state index is -0.805. The molecule has 3 aromatic rings. The number of piperidine rings is 1. The first kappa shape index (κ1) is 24.8. The Morgan fingerprint density at radius 3 is 2.67 bits per heavy atom. The summed E-state index contributed by atoms with van der Waals surface area (Å²) in [6.07, 6.45) is 0.0362. The first-order valence-corrected chi connectivity index (χ1v) is 12.4. The normalized spacial score (nSPS) is 23.1. The Balaban J connectivity index is 1.27. The number of aliphatic hydroxyl groups is 2. The van der Waals surface area contributed by atoms with Gasteiger partial charge in [0.1, 0.15) is 12.2 Å². The van der Waals surface area contributed by atoms with Crippen molar-refractivity contribution in [2.75, 3.05) is 33.4 Å². The maximum absolute atomic E-state index is 11.7. The third-order valence-electron chi connectivity index (χ3n) is 6.88. The van der Waals surface area contributed by atoms with E-state index in [0.29, 0.717) is 47.3 Å². The van der Waals surface area contributed by atoms with E-state index in [0.717, 1.165) is 18.4 Å². The van der Waals surface area contributed by atoms with Gasteiger partial charge < -0.3 is 34.3 Å². The second-order valence-electron chi connectivity index (χ2n) is 9.18. The fourth-order valence-electron chi connectivity index (χ4n) is 4.84. The lowest BCUT2D eigenvalue weighted by Gasteiger charge is -2.31. The zero-order valence-electron chi connectivity index (χ0n) is 19.9. The molecule has 5 rings (SSSR count). The fraction of sp³-hybridized carbons (Fsp3) is 0.480. The largest absolute Gasteiger partial charge is 0.459 e. The summed E-state index contributed by atoms with van der Waals surface area (Å²) in [7, 11) is 1.41. The molecule has 2 aromatic heterocycles. The molecule has 10 nitrogen and oxygen atoms in total. The molecule has 1 amide bonds. The molecule has 0 saturated carbocycles. The smallest absolute Gasteiger partial charge is 0.409 e. The molecule has 0 radical (unpaired) electrons. The second kappa shape index (κ2) is 10.6. The van der Waals surface area contributed by atoms with E-state index in [1.807, 2.05) is 12.1 Å². The van der Waals surface area contributed by atoms with Crippen molar-refractivity contribution in [3.8, 4) is 17.3 Å². The predicted octanol–water partition coefficient (Wildman–Crippen LogP) is 3.11. The number of pyridine rings is 1. The molecule has 36 heavy (non-hydrogen) atoms. The molecule has 0 aliphatic carbocycles. The summed E-state index contributed by atoms with van der Waals surface area (Å²) in [4.78, 5) is 25.6. The standard InChI is InChI=1S/C25H29ClN4O6/c1-34-25(33)30-8-6-15(7-9-30)14-2-4-16(5-3-14)22-18(26)11-19-23(28-22)29-24(27-19)36-17-10-20(32)21(12-31)35-13-17/h2-5,11,15,17,20-21,31-32H,6-10,12-13H2,1H3,(H,27,28,29)/t17-,20+,21-/m1/s1. The van der Waals surface area contributed by atoms with E-state index >= 15 is 0 Å². The number of hydrogen-bond donors (Lipinski definition) is 3. The zero-order valence-corrected chi connectivity index (χ0v) is 20.6. The van der Waals surface area contributed by atoms with E-state index in [9.17, 15) is 15.0 Å². The van der Waals surface area contributed by atoms with Crippen LogP contribution in [0.4, 0.5) is 4.79 Å². The summed E-state index contributed by atoms with van der Waals surface area (Å²) in [6.45, 7) is 1.37. The number of methoxy groups -OCH3 is 1. The van der Waals surface area contributed by atoms with Gasteiger partial charge in [0.05, 0.1) is 42.7 Å². The molecule has 0 spiro atoms. The number of nitrogens with one attached hydrogen (secondary N) is 1. The molecule has 2 aliphatic heterocycles. The van der Waals surface area contributed by atoms with E-state index < -0.39 is 18.3 Å². The summed E-state index contributed by atoms with van der Waals surface area (Å²) in [5.74, 6) is 0.381. The van der Waals surface area contributed by atoms with Gasteiger partial charge in [-0.15, -0.1) is 0 Å². The first-order valence-electron chi connectivity index (χ1n) is 12.0. The van der Waals surface area contributed by atoms with Gasteiger partial charge in [0.25, 0.3) is 6.01 Å². The number of aromatic nitrogens is 3. The Kier molecular flexibility index (Phi) is 7.29. The van der Waals surface area contributed by atoms with Gasteiger partial charge in [0, 0.05) is 25.1 Å². The molecule has 2 fully saturated rings. The number of amides is 1. The summed E-state index contributed by atoms with van der Waals surface area (Å²) in [6, 6.07) is 10.2. The van der Waals surface area contributed by atoms with E-state index in [1.165, 1.54) is 12.7 Å². The monoisotopic (exact) mass is 516 g/mol. The maximum Gasteiger partial charge on any atom is 0.409 e. The highest BCUT2D eigenvalue weighted by Crippen LogP contribution is 2.33. The zero-order chi connectivity index (χ0) is 25.2. The molecule has 4 heterocycles. The minimum absolute atomic E-state index is 0.237. The van der Waals surface area contributed by atoms with Gasteiger partial charge in [-0.05, 0) is 30.4 Å². The van der Waals surface area contributed by atoms with Crippen molar-refractivity contribution in [3.05, 3.63) is 40.9 Å². The van der Waals surface area contributed by atoms with Crippen LogP contribution in [0.5, 0.6) is 6.01 Å². The number of aromatic amines is 1. The number of benzene rings is 1. The third-order valence-corrected chi connectivity index (χ3v) is 7.16. The van der Waals surface area contributed by atoms with Gasteiger partial charge in [-0.3, -0.25) is 0 Å². The van der Waals surface area contributed by atoms with Crippen LogP contribution in [0.3, 0.4) is 0 Å². The van der Waals surface area contributed by atoms with Crippen LogP contribution in [-0.2, 0) is 9.47 Å². The van der Waals surface area contributed by atoms with Crippen LogP contribution in [0.1, 0.15) is 30.7 Å². The van der Waals surface area contributed by atoms with Crippen LogP contribution in [0.25, 0.3) is 22.4 Å². The van der Waals surface area contributed by atoms with Crippen molar-refractivity contribution in [3.63, 3.8) is 0 Å². The number of H-pyrrole nitrogens is 1. The number of ether oxygens (including phenoxy) is 3. The number of fused-ring (bicyclic) bond motifs is 1. The number of nitrogens with zero attached hydrogens (tertiary/aromatic N) is 3. The third kappa shape index (κ3) is 5.12. The van der Waals surface area contributed by atoms with Crippen LogP contribution < -0.4 is 4.74 Å². The summed E-state index contributed by atoms with van der Waals surface area (Å²) in [5, 5.41) is 19.8. The number of hydrogen-bond acceptors (Lipinski definition) is 8. The molecule has 11 heteroatoms. The topological polar surface area (TPSA) is 130 Å². The molecule has 2 aliphatic rings. The molecule has 3 atom stereocenters. The highest BCUT2D eigenvalue weighted by Gasteiger charge is 2.31. The lowest BCUT2D eigenvalue weighted by atomic mass is 9.89. The number of likely N-dealkylation sites (tertiary alicyclic amines) is 1. The number of imidazole rings is 1. The minimum Gasteiger partial charge on any atom is -0.459 e. The van der Waals surface area contributed by atoms with Gasteiger partial charge in [-0.1, -0.05) is 35.9 Å². The Morgan fingerprint density at radius 2 is 2.00 bits per heavy atom. The van der Waals surface area contributed by atoms with Gasteiger partial charge in [0.15, 0.2) is 5.65 Å². The van der Waals surface area contributed by atoms with Crippen LogP contribution in [0.15, 0.2) is 30.3 Å². The molecule has 2 saturated heterocycles. The first-order chi connectivity index (χ1) is 17.4. The Bertz CT molecular complexity index is 1210. The van der Waals surface area contributed by atoms with Crippen molar-refractivity contribution in [1.29, 1.82) is 0 Å². The Hall–Kier alpha value is -2.92. The summed E-state index contributed by atoms with van der Waals surface area (Å²) in [5.41, 5.74) is 3.82. The Morgan fingerprint density at radius 1 is 1.25 bits per heavy atom. The fourth-order valence-corrected chi connectivity index (χ4v) is 5.10. The molecule has 0 bridgehead atoms. The van der Waals surface area contributed by atoms with Crippen molar-refractivity contribution < 1.29 is 29.2 Å². The lowest BCUT2D eigenvalue weighted by molar-refractivity contribution is -0.131. The average Bonchev–Trinajstić information content (AvgIpc) is 3.29. The maximum atomic E-state index is 11.7. The molecule has 0 unspecified atom stereocenters. The second-order valence-corrected chi connectivity index (χ2v) is 9.59. The van der Waals surface area contributed by atoms with E-state index in [-0.39, 0.29) is 25.3 Å². The number of carbonyl (C=O) groups excluding carboxylic acids is 1. The van der Waals surface area contributed by atoms with Crippen molar-refractivity contribution in [2.45, 2.75) is 43.5 Å². The predicted molar refractivity (Wildman–Crippen MR) is 132 cm³/mol. The number of rotatable bonds is 5. The summed E-state index contributed by atoms with van der Waals surface area (Å²) >= 11 is 6.56. The lowest BCUT2D eigenvalue weighted by Crippen LogP contribution is -2.45. The molecule has 1 aromatic carbocycles. The molecule has 3 N–H and O–H groups in total. The van der Waals surface area contributed by atoms with Crippen LogP contribution in [-0.4, -0.2) is 87.9 Å². The van der Waals surface area contributed by atoms with Crippen molar-refractivity contribution in [1.82, 2.24) is 19.9 Å². The molecular formula is C25H29ClN4O6. The van der Waals surface area contributed by atoms with E-state index in [2.05, 4.69) is 27.1 Å². The van der Waals surface area contributed by atoms with Gasteiger partial charge in [-0.25, -0.2) is 9.78 Å². The number of halogens is 1. The van der Waals surface area contributed by atoms with Gasteiger partial charge >= 0.3 is 6.09 Å². The quantitative estimate of drug-likeness (QED) is 0.471.